The van der Waals surface area contributed by atoms with Crippen LogP contribution in [0.2, 0.25) is 0 Å². The minimum Gasteiger partial charge on any atom is -0.872 e. The molecule has 1 aliphatic carbocycles. The number of H-pyrrole nitrogens is 1. The van der Waals surface area contributed by atoms with Crippen LogP contribution in [0.4, 0.5) is 0 Å². The number of hydrogen-bond donors (Lipinski definition) is 6. The van der Waals surface area contributed by atoms with Gasteiger partial charge in [0.05, 0.1) is 29.8 Å². The van der Waals surface area contributed by atoms with E-state index in [-0.39, 0.29) is 24.7 Å². The number of aliphatic hydroxyl groups excluding tert-OH is 3. The standard InChI is InChI=1S/C35H55NO7/c1-2-3-4-5-8-14-26(37)15-9-6-7-10-17-28(34(41)42)32(39)21-23-35(43)22-12-18-29(35)33(40)31-20-19-30(36-31)25-13-11-16-27(38)24-25/h11,13,16,19-20,24,26,28-29,32-33,36-40,43H,2-10,12,14-15,17-18,21-23H2,1H3,(H,41,42)/p-1/t26-,28-,29-,32+,33-,35-/m0/s1. The van der Waals surface area contributed by atoms with Gasteiger partial charge in [0.2, 0.25) is 0 Å². The third-order valence-corrected chi connectivity index (χ3v) is 9.47. The number of aromatic nitrogens is 1. The molecule has 6 atom stereocenters. The van der Waals surface area contributed by atoms with Gasteiger partial charge in [0.15, 0.2) is 0 Å². The van der Waals surface area contributed by atoms with Gasteiger partial charge in [0.1, 0.15) is 0 Å². The number of unbranched alkanes of at least 4 members (excludes halogenated alkanes) is 7. The molecule has 0 spiro atoms. The van der Waals surface area contributed by atoms with Crippen LogP contribution >= 0.6 is 0 Å². The van der Waals surface area contributed by atoms with E-state index >= 15 is 0 Å². The van der Waals surface area contributed by atoms with Crippen LogP contribution in [0.1, 0.15) is 128 Å². The predicted molar refractivity (Wildman–Crippen MR) is 166 cm³/mol. The number of aliphatic hydroxyl groups is 4. The van der Waals surface area contributed by atoms with E-state index in [9.17, 15) is 35.4 Å². The molecule has 3 rings (SSSR count). The van der Waals surface area contributed by atoms with Crippen molar-refractivity contribution in [1.82, 2.24) is 4.98 Å². The molecule has 242 valence electrons. The van der Waals surface area contributed by atoms with Crippen LogP contribution in [-0.4, -0.2) is 54.3 Å². The van der Waals surface area contributed by atoms with E-state index in [4.69, 9.17) is 0 Å². The summed E-state index contributed by atoms with van der Waals surface area (Å²) in [5.41, 5.74) is 0.781. The molecule has 1 heterocycles. The summed E-state index contributed by atoms with van der Waals surface area (Å²) in [6.45, 7) is 2.19. The van der Waals surface area contributed by atoms with Crippen LogP contribution in [0.3, 0.4) is 0 Å². The second-order valence-corrected chi connectivity index (χ2v) is 12.8. The minimum atomic E-state index is -1.21. The lowest BCUT2D eigenvalue weighted by molar-refractivity contribution is -0.268. The fourth-order valence-corrected chi connectivity index (χ4v) is 6.78. The Kier molecular flexibility index (Phi) is 14.5. The lowest BCUT2D eigenvalue weighted by atomic mass is 9.80. The maximum atomic E-state index is 12.0. The Bertz CT molecular complexity index is 1090. The first kappa shape index (κ1) is 35.1. The largest absolute Gasteiger partial charge is 0.872 e. The van der Waals surface area contributed by atoms with Crippen molar-refractivity contribution in [1.29, 1.82) is 0 Å². The molecule has 0 unspecified atom stereocenters. The lowest BCUT2D eigenvalue weighted by Crippen LogP contribution is -2.39. The highest BCUT2D eigenvalue weighted by Crippen LogP contribution is 2.46. The normalized spacial score (nSPS) is 21.5. The van der Waals surface area contributed by atoms with E-state index in [1.54, 1.807) is 18.2 Å². The molecule has 0 bridgehead atoms. The number of nitrogens with one attached hydrogen (secondary N) is 1. The lowest BCUT2D eigenvalue weighted by Gasteiger charge is -2.34. The minimum absolute atomic E-state index is 0.101. The van der Waals surface area contributed by atoms with Gasteiger partial charge in [-0.1, -0.05) is 95.4 Å². The van der Waals surface area contributed by atoms with Gasteiger partial charge in [-0.05, 0) is 62.6 Å². The monoisotopic (exact) mass is 600 g/mol. The zero-order chi connectivity index (χ0) is 31.2. The second kappa shape index (κ2) is 17.8. The smallest absolute Gasteiger partial charge is 0.309 e. The zero-order valence-electron chi connectivity index (χ0n) is 25.9. The van der Waals surface area contributed by atoms with Crippen molar-refractivity contribution in [2.75, 3.05) is 0 Å². The molecule has 0 aliphatic heterocycles. The van der Waals surface area contributed by atoms with Crippen LogP contribution in [0.15, 0.2) is 36.4 Å². The molecular formula is C35H54NO7-. The molecule has 6 N–H and O–H groups in total. The number of hydrogen-bond acceptors (Lipinski definition) is 6. The third kappa shape index (κ3) is 10.9. The average molecular weight is 601 g/mol. The summed E-state index contributed by atoms with van der Waals surface area (Å²) in [6.07, 6.45) is 11.2. The Labute approximate surface area is 257 Å². The Morgan fingerprint density at radius 2 is 1.63 bits per heavy atom. The predicted octanol–water partition coefficient (Wildman–Crippen LogP) is 6.22. The number of carbonyl (C=O) groups is 1. The highest BCUT2D eigenvalue weighted by Gasteiger charge is 2.46. The van der Waals surface area contributed by atoms with Crippen molar-refractivity contribution in [3.8, 4) is 17.0 Å². The summed E-state index contributed by atoms with van der Waals surface area (Å²) in [7, 11) is 0. The first-order chi connectivity index (χ1) is 20.6. The van der Waals surface area contributed by atoms with E-state index in [1.165, 1.54) is 37.8 Å². The van der Waals surface area contributed by atoms with E-state index in [0.29, 0.717) is 37.1 Å². The van der Waals surface area contributed by atoms with Crippen molar-refractivity contribution in [2.24, 2.45) is 11.8 Å². The molecule has 43 heavy (non-hydrogen) atoms. The molecule has 8 nitrogen and oxygen atoms in total. The fraction of sp³-hybridized carbons (Fsp3) is 0.686. The van der Waals surface area contributed by atoms with Crippen LogP contribution in [0, 0.1) is 11.8 Å². The maximum Gasteiger partial charge on any atom is 0.309 e. The molecule has 8 heteroatoms. The van der Waals surface area contributed by atoms with Gasteiger partial charge in [-0.15, -0.1) is 5.75 Å². The van der Waals surface area contributed by atoms with Crippen molar-refractivity contribution in [3.63, 3.8) is 0 Å². The molecule has 0 saturated heterocycles. The van der Waals surface area contributed by atoms with E-state index in [1.807, 2.05) is 6.07 Å². The van der Waals surface area contributed by atoms with Gasteiger partial charge in [0, 0.05) is 17.3 Å². The maximum absolute atomic E-state index is 12.0. The first-order valence-electron chi connectivity index (χ1n) is 16.6. The number of carboxylic acid groups (broad SMARTS) is 1. The Balaban J connectivity index is 1.42. The molecule has 0 radical (unpaired) electrons. The molecule has 0 amide bonds. The summed E-state index contributed by atoms with van der Waals surface area (Å²) in [5.74, 6) is -2.48. The molecular weight excluding hydrogens is 546 g/mol. The fourth-order valence-electron chi connectivity index (χ4n) is 6.78. The van der Waals surface area contributed by atoms with E-state index in [2.05, 4.69) is 11.9 Å². The van der Waals surface area contributed by atoms with Gasteiger partial charge in [-0.3, -0.25) is 4.79 Å². The summed E-state index contributed by atoms with van der Waals surface area (Å²) in [5, 5.41) is 65.3. The van der Waals surface area contributed by atoms with Crippen molar-refractivity contribution in [3.05, 3.63) is 42.1 Å². The summed E-state index contributed by atoms with van der Waals surface area (Å²) in [4.78, 5) is 15.2. The SMILES string of the molecule is CCCCCCC[C@H](O)CCCCCC[C@H](C(=O)O)[C@H](O)CC[C@@]1(O)CCC[C@H]1[C@H](O)c1ccc(-c2cccc([O-])c2)[nH]1. The zero-order valence-corrected chi connectivity index (χ0v) is 25.9. The molecule has 1 aromatic heterocycles. The number of rotatable bonds is 21. The Morgan fingerprint density at radius 1 is 0.953 bits per heavy atom. The van der Waals surface area contributed by atoms with Crippen molar-refractivity contribution < 1.29 is 35.4 Å². The number of benzene rings is 1. The Hall–Kier alpha value is -2.39. The van der Waals surface area contributed by atoms with Crippen LogP contribution in [-0.2, 0) is 4.79 Å². The van der Waals surface area contributed by atoms with Crippen LogP contribution in [0.25, 0.3) is 11.3 Å². The summed E-state index contributed by atoms with van der Waals surface area (Å²) >= 11 is 0. The van der Waals surface area contributed by atoms with Crippen LogP contribution < -0.4 is 5.11 Å². The first-order valence-corrected chi connectivity index (χ1v) is 16.6. The van der Waals surface area contributed by atoms with Crippen molar-refractivity contribution >= 4 is 5.97 Å². The Morgan fingerprint density at radius 3 is 2.28 bits per heavy atom. The van der Waals surface area contributed by atoms with Crippen molar-refractivity contribution in [2.45, 2.75) is 140 Å². The second-order valence-electron chi connectivity index (χ2n) is 12.8. The van der Waals surface area contributed by atoms with Gasteiger partial charge in [0.25, 0.3) is 0 Å². The van der Waals surface area contributed by atoms with Crippen LogP contribution in [0.5, 0.6) is 5.75 Å². The molecule has 1 saturated carbocycles. The van der Waals surface area contributed by atoms with Gasteiger partial charge in [-0.2, -0.15) is 0 Å². The number of aliphatic carboxylic acids is 1. The van der Waals surface area contributed by atoms with E-state index < -0.39 is 35.6 Å². The third-order valence-electron chi connectivity index (χ3n) is 9.47. The summed E-state index contributed by atoms with van der Waals surface area (Å²) in [6, 6.07) is 10.1. The number of aromatic amines is 1. The summed E-state index contributed by atoms with van der Waals surface area (Å²) < 4.78 is 0. The van der Waals surface area contributed by atoms with Gasteiger partial charge in [-0.25, -0.2) is 0 Å². The topological polar surface area (TPSA) is 157 Å². The average Bonchev–Trinajstić information content (AvgIpc) is 3.63. The highest BCUT2D eigenvalue weighted by molar-refractivity contribution is 5.70. The highest BCUT2D eigenvalue weighted by atomic mass is 16.4. The molecule has 1 aliphatic rings. The molecule has 1 aromatic carbocycles. The van der Waals surface area contributed by atoms with Gasteiger partial charge < -0.3 is 35.6 Å². The number of carboxylic acids is 1. The molecule has 1 fully saturated rings. The van der Waals surface area contributed by atoms with E-state index in [0.717, 1.165) is 50.5 Å². The molecule has 2 aromatic rings. The quantitative estimate of drug-likeness (QED) is 0.0928. The van der Waals surface area contributed by atoms with Gasteiger partial charge >= 0.3 is 5.97 Å².